The minimum Gasteiger partial charge on any atom is -0.351 e. The summed E-state index contributed by atoms with van der Waals surface area (Å²) in [7, 11) is 0. The van der Waals surface area contributed by atoms with Crippen LogP contribution in [0.25, 0.3) is 0 Å². The molecule has 1 N–H and O–H groups in total. The second-order valence-corrected chi connectivity index (χ2v) is 4.84. The highest BCUT2D eigenvalue weighted by atomic mass is 79.9. The molecule has 0 aliphatic carbocycles. The quantitative estimate of drug-likeness (QED) is 0.805. The summed E-state index contributed by atoms with van der Waals surface area (Å²) in [6, 6.07) is 3.44. The number of hydrogen-bond donors (Lipinski definition) is 1. The van der Waals surface area contributed by atoms with Gasteiger partial charge in [-0.2, -0.15) is 13.2 Å². The SMILES string of the molecule is O=C(NCCBr)c1ccc(Br)cc1C(F)(F)F. The van der Waals surface area contributed by atoms with Gasteiger partial charge in [0.05, 0.1) is 11.1 Å². The Labute approximate surface area is 113 Å². The summed E-state index contributed by atoms with van der Waals surface area (Å²) in [6.07, 6.45) is -4.55. The van der Waals surface area contributed by atoms with Crippen molar-refractivity contribution in [3.05, 3.63) is 33.8 Å². The van der Waals surface area contributed by atoms with Crippen LogP contribution in [-0.2, 0) is 6.18 Å². The maximum atomic E-state index is 12.7. The zero-order chi connectivity index (χ0) is 13.1. The number of nitrogens with one attached hydrogen (secondary N) is 1. The second kappa shape index (κ2) is 5.86. The number of benzene rings is 1. The van der Waals surface area contributed by atoms with Crippen molar-refractivity contribution in [2.75, 3.05) is 11.9 Å². The maximum Gasteiger partial charge on any atom is 0.417 e. The largest absolute Gasteiger partial charge is 0.417 e. The van der Waals surface area contributed by atoms with Gasteiger partial charge in [0.1, 0.15) is 0 Å². The Morgan fingerprint density at radius 2 is 2.00 bits per heavy atom. The van der Waals surface area contributed by atoms with E-state index in [0.717, 1.165) is 12.1 Å². The Kier molecular flexibility index (Phi) is 5.00. The van der Waals surface area contributed by atoms with Crippen LogP contribution in [0.5, 0.6) is 0 Å². The van der Waals surface area contributed by atoms with Crippen molar-refractivity contribution >= 4 is 37.8 Å². The highest BCUT2D eigenvalue weighted by molar-refractivity contribution is 9.10. The van der Waals surface area contributed by atoms with Gasteiger partial charge in [0, 0.05) is 16.3 Å². The molecule has 2 nitrogen and oxygen atoms in total. The number of amides is 1. The Bertz CT molecular complexity index is 421. The minimum atomic E-state index is -4.55. The van der Waals surface area contributed by atoms with Crippen LogP contribution >= 0.6 is 31.9 Å². The third kappa shape index (κ3) is 3.99. The molecule has 7 heteroatoms. The average Bonchev–Trinajstić information content (AvgIpc) is 2.24. The average molecular weight is 375 g/mol. The molecule has 0 aliphatic heterocycles. The highest BCUT2D eigenvalue weighted by Gasteiger charge is 2.35. The normalized spacial score (nSPS) is 11.4. The van der Waals surface area contributed by atoms with E-state index in [1.807, 2.05) is 0 Å². The zero-order valence-corrected chi connectivity index (χ0v) is 11.6. The molecule has 0 unspecified atom stereocenters. The van der Waals surface area contributed by atoms with E-state index in [9.17, 15) is 18.0 Å². The van der Waals surface area contributed by atoms with Crippen LogP contribution in [0, 0.1) is 0 Å². The van der Waals surface area contributed by atoms with E-state index in [1.54, 1.807) is 0 Å². The number of rotatable bonds is 3. The van der Waals surface area contributed by atoms with Crippen LogP contribution in [0.1, 0.15) is 15.9 Å². The van der Waals surface area contributed by atoms with Crippen molar-refractivity contribution in [2.24, 2.45) is 0 Å². The van der Waals surface area contributed by atoms with Crippen LogP contribution in [0.4, 0.5) is 13.2 Å². The molecule has 1 rings (SSSR count). The molecule has 0 spiro atoms. The molecule has 1 amide bonds. The van der Waals surface area contributed by atoms with Crippen LogP contribution < -0.4 is 5.32 Å². The predicted octanol–water partition coefficient (Wildman–Crippen LogP) is 3.59. The fourth-order valence-electron chi connectivity index (χ4n) is 1.21. The number of hydrogen-bond acceptors (Lipinski definition) is 1. The van der Waals surface area contributed by atoms with Gasteiger partial charge in [0.2, 0.25) is 0 Å². The van der Waals surface area contributed by atoms with Gasteiger partial charge in [-0.1, -0.05) is 31.9 Å². The molecule has 0 heterocycles. The Morgan fingerprint density at radius 3 is 2.53 bits per heavy atom. The molecule has 17 heavy (non-hydrogen) atoms. The van der Waals surface area contributed by atoms with Crippen LogP contribution in [0.15, 0.2) is 22.7 Å². The Morgan fingerprint density at radius 1 is 1.35 bits per heavy atom. The van der Waals surface area contributed by atoms with Crippen molar-refractivity contribution in [3.8, 4) is 0 Å². The minimum absolute atomic E-state index is 0.270. The summed E-state index contributed by atoms with van der Waals surface area (Å²) < 4.78 is 38.4. The summed E-state index contributed by atoms with van der Waals surface area (Å²) in [5, 5.41) is 2.86. The first-order valence-electron chi connectivity index (χ1n) is 4.57. The first-order valence-corrected chi connectivity index (χ1v) is 6.48. The molecule has 0 saturated heterocycles. The molecule has 0 atom stereocenters. The summed E-state index contributed by atoms with van der Waals surface area (Å²) in [4.78, 5) is 11.5. The van der Waals surface area contributed by atoms with Crippen molar-refractivity contribution in [3.63, 3.8) is 0 Å². The molecule has 0 aromatic heterocycles. The molecule has 1 aromatic rings. The Hall–Kier alpha value is -0.560. The Balaban J connectivity index is 3.11. The van der Waals surface area contributed by atoms with Crippen molar-refractivity contribution in [2.45, 2.75) is 6.18 Å². The molecular weight excluding hydrogens is 367 g/mol. The molecule has 0 saturated carbocycles. The second-order valence-electron chi connectivity index (χ2n) is 3.13. The maximum absolute atomic E-state index is 12.7. The topological polar surface area (TPSA) is 29.1 Å². The number of carbonyl (C=O) groups is 1. The van der Waals surface area contributed by atoms with E-state index >= 15 is 0 Å². The van der Waals surface area contributed by atoms with Gasteiger partial charge in [0.25, 0.3) is 5.91 Å². The monoisotopic (exact) mass is 373 g/mol. The van der Waals surface area contributed by atoms with Crippen LogP contribution in [0.3, 0.4) is 0 Å². The molecule has 1 aromatic carbocycles. The standard InChI is InChI=1S/C10H8Br2F3NO/c11-3-4-16-9(17)7-2-1-6(12)5-8(7)10(13,14)15/h1-2,5H,3-4H2,(H,16,17). The molecule has 0 bridgehead atoms. The molecule has 0 aliphatic rings. The fourth-order valence-corrected chi connectivity index (χ4v) is 1.76. The lowest BCUT2D eigenvalue weighted by atomic mass is 10.1. The predicted molar refractivity (Wildman–Crippen MR) is 65.3 cm³/mol. The van der Waals surface area contributed by atoms with Crippen molar-refractivity contribution in [1.82, 2.24) is 5.32 Å². The third-order valence-electron chi connectivity index (χ3n) is 1.91. The summed E-state index contributed by atoms with van der Waals surface area (Å²) in [5.41, 5.74) is -1.32. The van der Waals surface area contributed by atoms with Gasteiger partial charge in [-0.05, 0) is 18.2 Å². The molecule has 0 radical (unpaired) electrons. The van der Waals surface area contributed by atoms with E-state index in [4.69, 9.17) is 0 Å². The van der Waals surface area contributed by atoms with E-state index in [-0.39, 0.29) is 16.6 Å². The van der Waals surface area contributed by atoms with Gasteiger partial charge < -0.3 is 5.32 Å². The number of carbonyl (C=O) groups excluding carboxylic acids is 1. The first kappa shape index (κ1) is 14.5. The van der Waals surface area contributed by atoms with Gasteiger partial charge in [0.15, 0.2) is 0 Å². The van der Waals surface area contributed by atoms with Gasteiger partial charge in [-0.25, -0.2) is 0 Å². The summed E-state index contributed by atoms with van der Waals surface area (Å²) in [5.74, 6) is -0.732. The van der Waals surface area contributed by atoms with E-state index in [1.165, 1.54) is 6.07 Å². The van der Waals surface area contributed by atoms with Gasteiger partial charge in [-0.15, -0.1) is 0 Å². The number of halogens is 5. The molecule has 94 valence electrons. The fraction of sp³-hybridized carbons (Fsp3) is 0.300. The van der Waals surface area contributed by atoms with E-state index in [0.29, 0.717) is 5.33 Å². The summed E-state index contributed by atoms with van der Waals surface area (Å²) >= 11 is 6.03. The lowest BCUT2D eigenvalue weighted by molar-refractivity contribution is -0.138. The smallest absolute Gasteiger partial charge is 0.351 e. The van der Waals surface area contributed by atoms with Gasteiger partial charge in [-0.3, -0.25) is 4.79 Å². The molecular formula is C10H8Br2F3NO. The number of alkyl halides is 4. The van der Waals surface area contributed by atoms with Crippen LogP contribution in [0.2, 0.25) is 0 Å². The lowest BCUT2D eigenvalue weighted by Crippen LogP contribution is -2.27. The van der Waals surface area contributed by atoms with Gasteiger partial charge >= 0.3 is 6.18 Å². The van der Waals surface area contributed by atoms with E-state index < -0.39 is 17.6 Å². The highest BCUT2D eigenvalue weighted by Crippen LogP contribution is 2.33. The molecule has 0 fully saturated rings. The lowest BCUT2D eigenvalue weighted by Gasteiger charge is -2.12. The zero-order valence-electron chi connectivity index (χ0n) is 8.44. The first-order chi connectivity index (χ1) is 7.86. The van der Waals surface area contributed by atoms with E-state index in [2.05, 4.69) is 37.2 Å². The third-order valence-corrected chi connectivity index (χ3v) is 2.80. The van der Waals surface area contributed by atoms with Crippen LogP contribution in [-0.4, -0.2) is 17.8 Å². The summed E-state index contributed by atoms with van der Waals surface area (Å²) in [6.45, 7) is 0.270. The van der Waals surface area contributed by atoms with Crippen molar-refractivity contribution in [1.29, 1.82) is 0 Å². The van der Waals surface area contributed by atoms with Crippen molar-refractivity contribution < 1.29 is 18.0 Å².